The number of piperidine rings is 1. The predicted octanol–water partition coefficient (Wildman–Crippen LogP) is 5.12. The Morgan fingerprint density at radius 3 is 1.87 bits per heavy atom. The van der Waals surface area contributed by atoms with Gasteiger partial charge in [0.05, 0.1) is 11.5 Å². The van der Waals surface area contributed by atoms with E-state index in [1.54, 1.807) is 24.3 Å². The predicted molar refractivity (Wildman–Crippen MR) is 147 cm³/mol. The van der Waals surface area contributed by atoms with Crippen molar-refractivity contribution in [3.63, 3.8) is 0 Å². The highest BCUT2D eigenvalue weighted by Gasteiger charge is 2.44. The molecule has 0 saturated carbocycles. The number of benzene rings is 3. The fourth-order valence-corrected chi connectivity index (χ4v) is 5.66. The van der Waals surface area contributed by atoms with Crippen molar-refractivity contribution in [2.45, 2.75) is 31.2 Å². The minimum Gasteiger partial charge on any atom is -0.368 e. The zero-order valence-corrected chi connectivity index (χ0v) is 22.2. The smallest absolute Gasteiger partial charge is 0.320 e. The fourth-order valence-electron chi connectivity index (χ4n) is 5.66. The topological polar surface area (TPSA) is 55.9 Å². The van der Waals surface area contributed by atoms with Gasteiger partial charge in [0.1, 0.15) is 11.6 Å². The molecule has 204 valence electrons. The maximum absolute atomic E-state index is 13.8. The highest BCUT2D eigenvalue weighted by molar-refractivity contribution is 5.89. The first-order chi connectivity index (χ1) is 18.9. The molecule has 0 bridgehead atoms. The molecule has 1 N–H and O–H groups in total. The van der Waals surface area contributed by atoms with Crippen LogP contribution in [0.25, 0.3) is 0 Å². The minimum atomic E-state index is -0.756. The third-order valence-electron chi connectivity index (χ3n) is 8.11. The van der Waals surface area contributed by atoms with E-state index in [4.69, 9.17) is 0 Å². The number of hydrogen-bond acceptors (Lipinski definition) is 3. The second-order valence-corrected chi connectivity index (χ2v) is 10.4. The third kappa shape index (κ3) is 5.75. The second-order valence-electron chi connectivity index (χ2n) is 10.4. The van der Waals surface area contributed by atoms with Gasteiger partial charge in [-0.05, 0) is 67.3 Å². The van der Waals surface area contributed by atoms with Crippen molar-refractivity contribution >= 4 is 17.6 Å². The standard InChI is InChI=1S/C31H34F2N4O2/c1-23(24-7-9-26(32)10-8-24)34-29(38)31(25-5-3-2-4-6-25)15-17-36(18-16-31)30(39)37-21-19-35(20-22-37)28-13-11-27(33)12-14-28/h2-14,23H,15-22H2,1H3,(H,34,38). The lowest BCUT2D eigenvalue weighted by Crippen LogP contribution is -2.57. The number of rotatable bonds is 5. The van der Waals surface area contributed by atoms with Crippen molar-refractivity contribution in [3.05, 3.63) is 102 Å². The minimum absolute atomic E-state index is 0.00416. The average Bonchev–Trinajstić information content (AvgIpc) is 2.98. The summed E-state index contributed by atoms with van der Waals surface area (Å²) in [7, 11) is 0. The van der Waals surface area contributed by atoms with Crippen LogP contribution in [0, 0.1) is 11.6 Å². The third-order valence-corrected chi connectivity index (χ3v) is 8.11. The van der Waals surface area contributed by atoms with Gasteiger partial charge in [-0.25, -0.2) is 13.6 Å². The van der Waals surface area contributed by atoms with Crippen LogP contribution < -0.4 is 10.2 Å². The Balaban J connectivity index is 1.23. The monoisotopic (exact) mass is 532 g/mol. The molecule has 2 saturated heterocycles. The van der Waals surface area contributed by atoms with Crippen molar-refractivity contribution in [1.29, 1.82) is 0 Å². The van der Waals surface area contributed by atoms with Gasteiger partial charge in [-0.15, -0.1) is 0 Å². The number of likely N-dealkylation sites (tertiary alicyclic amines) is 1. The van der Waals surface area contributed by atoms with Gasteiger partial charge in [0.2, 0.25) is 5.91 Å². The lowest BCUT2D eigenvalue weighted by Gasteiger charge is -2.44. The van der Waals surface area contributed by atoms with Crippen molar-refractivity contribution in [2.24, 2.45) is 0 Å². The summed E-state index contributed by atoms with van der Waals surface area (Å²) in [6.07, 6.45) is 1.03. The van der Waals surface area contributed by atoms with E-state index < -0.39 is 5.41 Å². The van der Waals surface area contributed by atoms with E-state index in [0.717, 1.165) is 16.8 Å². The number of halogens is 2. The van der Waals surface area contributed by atoms with Gasteiger partial charge in [0.15, 0.2) is 0 Å². The van der Waals surface area contributed by atoms with E-state index in [1.807, 2.05) is 47.1 Å². The molecule has 3 amide bonds. The number of carbonyl (C=O) groups is 2. The molecule has 0 aliphatic carbocycles. The van der Waals surface area contributed by atoms with Crippen molar-refractivity contribution in [3.8, 4) is 0 Å². The molecular weight excluding hydrogens is 498 g/mol. The Hall–Kier alpha value is -3.94. The zero-order valence-electron chi connectivity index (χ0n) is 22.2. The van der Waals surface area contributed by atoms with Crippen LogP contribution in [0.15, 0.2) is 78.9 Å². The largest absolute Gasteiger partial charge is 0.368 e. The highest BCUT2D eigenvalue weighted by atomic mass is 19.1. The number of piperazine rings is 1. The molecule has 3 aromatic rings. The highest BCUT2D eigenvalue weighted by Crippen LogP contribution is 2.37. The first-order valence-electron chi connectivity index (χ1n) is 13.5. The number of nitrogens with zero attached hydrogens (tertiary/aromatic N) is 3. The Bertz CT molecular complexity index is 1270. The number of anilines is 1. The maximum Gasteiger partial charge on any atom is 0.320 e. The summed E-state index contributed by atoms with van der Waals surface area (Å²) in [5.41, 5.74) is 1.97. The molecule has 0 aromatic heterocycles. The van der Waals surface area contributed by atoms with Crippen LogP contribution in [0.4, 0.5) is 19.3 Å². The normalized spacial score (nSPS) is 18.0. The molecule has 5 rings (SSSR count). The number of carbonyl (C=O) groups excluding carboxylic acids is 2. The molecule has 2 aliphatic heterocycles. The van der Waals surface area contributed by atoms with Gasteiger partial charge in [-0.2, -0.15) is 0 Å². The molecule has 8 heteroatoms. The van der Waals surface area contributed by atoms with Crippen molar-refractivity contribution < 1.29 is 18.4 Å². The Labute approximate surface area is 228 Å². The molecule has 0 radical (unpaired) electrons. The Morgan fingerprint density at radius 2 is 1.28 bits per heavy atom. The van der Waals surface area contributed by atoms with Crippen LogP contribution in [0.2, 0.25) is 0 Å². The van der Waals surface area contributed by atoms with E-state index in [-0.39, 0.29) is 29.6 Å². The van der Waals surface area contributed by atoms with Crippen LogP contribution in [0.3, 0.4) is 0 Å². The average molecular weight is 533 g/mol. The Morgan fingerprint density at radius 1 is 0.744 bits per heavy atom. The summed E-state index contributed by atoms with van der Waals surface area (Å²) in [4.78, 5) is 33.1. The fraction of sp³-hybridized carbons (Fsp3) is 0.355. The van der Waals surface area contributed by atoms with Crippen LogP contribution in [-0.4, -0.2) is 61.0 Å². The van der Waals surface area contributed by atoms with Gasteiger partial charge in [-0.3, -0.25) is 4.79 Å². The molecule has 3 aromatic carbocycles. The summed E-state index contributed by atoms with van der Waals surface area (Å²) < 4.78 is 26.7. The number of nitrogens with one attached hydrogen (secondary N) is 1. The lowest BCUT2D eigenvalue weighted by atomic mass is 9.71. The van der Waals surface area contributed by atoms with Crippen LogP contribution in [-0.2, 0) is 10.2 Å². The van der Waals surface area contributed by atoms with Crippen LogP contribution in [0.5, 0.6) is 0 Å². The van der Waals surface area contributed by atoms with Crippen molar-refractivity contribution in [1.82, 2.24) is 15.1 Å². The van der Waals surface area contributed by atoms with E-state index in [2.05, 4.69) is 10.2 Å². The summed E-state index contributed by atoms with van der Waals surface area (Å²) >= 11 is 0. The van der Waals surface area contributed by atoms with E-state index in [9.17, 15) is 18.4 Å². The molecule has 39 heavy (non-hydrogen) atoms. The first-order valence-corrected chi connectivity index (χ1v) is 13.5. The second kappa shape index (κ2) is 11.4. The van der Waals surface area contributed by atoms with Gasteiger partial charge in [-0.1, -0.05) is 42.5 Å². The van der Waals surface area contributed by atoms with Gasteiger partial charge >= 0.3 is 6.03 Å². The zero-order chi connectivity index (χ0) is 27.4. The molecule has 6 nitrogen and oxygen atoms in total. The maximum atomic E-state index is 13.8. The summed E-state index contributed by atoms with van der Waals surface area (Å²) in [5.74, 6) is -0.652. The molecule has 1 atom stereocenters. The number of hydrogen-bond donors (Lipinski definition) is 1. The summed E-state index contributed by atoms with van der Waals surface area (Å²) in [6, 6.07) is 22.1. The van der Waals surface area contributed by atoms with Crippen LogP contribution >= 0.6 is 0 Å². The van der Waals surface area contributed by atoms with Gasteiger partial charge in [0.25, 0.3) is 0 Å². The molecular formula is C31H34F2N4O2. The van der Waals surface area contributed by atoms with E-state index in [1.165, 1.54) is 24.3 Å². The van der Waals surface area contributed by atoms with Gasteiger partial charge < -0.3 is 20.0 Å². The quantitative estimate of drug-likeness (QED) is 0.497. The molecule has 1 unspecified atom stereocenters. The summed E-state index contributed by atoms with van der Waals surface area (Å²) in [6.45, 7) is 5.40. The van der Waals surface area contributed by atoms with Crippen molar-refractivity contribution in [2.75, 3.05) is 44.2 Å². The number of urea groups is 1. The molecule has 0 spiro atoms. The summed E-state index contributed by atoms with van der Waals surface area (Å²) in [5, 5.41) is 3.15. The molecule has 2 aliphatic rings. The SMILES string of the molecule is CC(NC(=O)C1(c2ccccc2)CCN(C(=O)N2CCN(c3ccc(F)cc3)CC2)CC1)c1ccc(F)cc1. The first kappa shape index (κ1) is 26.7. The molecule has 2 fully saturated rings. The van der Waals surface area contributed by atoms with Crippen LogP contribution in [0.1, 0.15) is 36.9 Å². The lowest BCUT2D eigenvalue weighted by molar-refractivity contribution is -0.129. The van der Waals surface area contributed by atoms with Gasteiger partial charge in [0, 0.05) is 45.0 Å². The Kier molecular flexibility index (Phi) is 7.82. The van der Waals surface area contributed by atoms with E-state index >= 15 is 0 Å². The number of amides is 3. The van der Waals surface area contributed by atoms with E-state index in [0.29, 0.717) is 52.1 Å². The molecule has 2 heterocycles.